The second-order valence-corrected chi connectivity index (χ2v) is 16.5. The van der Waals surface area contributed by atoms with Crippen LogP contribution < -0.4 is 0 Å². The molecule has 0 radical (unpaired) electrons. The lowest BCUT2D eigenvalue weighted by molar-refractivity contribution is -0.160. The van der Waals surface area contributed by atoms with Crippen LogP contribution in [-0.4, -0.2) is 68.3 Å². The van der Waals surface area contributed by atoms with E-state index >= 15 is 0 Å². The number of benzene rings is 2. The molecule has 3 aromatic heterocycles. The second kappa shape index (κ2) is 14.0. The Morgan fingerprint density at radius 1 is 1.06 bits per heavy atom. The highest BCUT2D eigenvalue weighted by atomic mass is 35.5. The van der Waals surface area contributed by atoms with Crippen molar-refractivity contribution in [3.8, 4) is 21.7 Å². The fraction of sp³-hybridized carbons (Fsp3) is 0.450. The van der Waals surface area contributed by atoms with Crippen molar-refractivity contribution in [3.05, 3.63) is 70.5 Å². The van der Waals surface area contributed by atoms with Crippen molar-refractivity contribution in [3.63, 3.8) is 0 Å². The van der Waals surface area contributed by atoms with Crippen molar-refractivity contribution in [1.82, 2.24) is 19.4 Å². The number of aliphatic carboxylic acids is 1. The van der Waals surface area contributed by atoms with Gasteiger partial charge in [-0.15, -0.1) is 11.3 Å². The van der Waals surface area contributed by atoms with Crippen LogP contribution in [0.15, 0.2) is 48.8 Å². The Hall–Kier alpha value is -3.83. The molecule has 2 fully saturated rings. The number of hydrogen-bond acceptors (Lipinski definition) is 8. The van der Waals surface area contributed by atoms with E-state index in [9.17, 15) is 14.7 Å². The van der Waals surface area contributed by atoms with Crippen LogP contribution in [0, 0.1) is 12.8 Å². The van der Waals surface area contributed by atoms with Crippen LogP contribution in [0.25, 0.3) is 42.9 Å². The predicted octanol–water partition coefficient (Wildman–Crippen LogP) is 8.94. The standard InChI is InChI=1S/C40H45ClN4O5S/c1-22-17-31-35(33(24-7-10-27(41)11-8-24)32(22)34(38(46)47)50-40(2,3)4)51-37(43-31)26-19-29-30(21-44(5)36(29)42-20-26)23-13-15-45(16-14-23)28-12-9-25(18-28)39(48)49-6/h7-8,10-11,17,19-21,23,25,28,34H,9,12-16,18H2,1-6H3,(H,46,47)/t25?,28?,34-/m0/s1. The Bertz CT molecular complexity index is 2110. The number of halogens is 1. The molecule has 5 aromatic rings. The number of pyridine rings is 1. The Kier molecular flexibility index (Phi) is 9.73. The van der Waals surface area contributed by atoms with Crippen LogP contribution in [0.1, 0.15) is 81.6 Å². The molecule has 1 saturated carbocycles. The first-order chi connectivity index (χ1) is 24.3. The molecule has 2 unspecified atom stereocenters. The van der Waals surface area contributed by atoms with Gasteiger partial charge in [0.1, 0.15) is 10.7 Å². The Balaban J connectivity index is 1.24. The zero-order valence-electron chi connectivity index (χ0n) is 30.0. The van der Waals surface area contributed by atoms with E-state index < -0.39 is 17.7 Å². The number of rotatable bonds is 8. The summed E-state index contributed by atoms with van der Waals surface area (Å²) in [5.74, 6) is -0.683. The number of aromatic nitrogens is 3. The number of thiazole rings is 1. The van der Waals surface area contributed by atoms with Gasteiger partial charge in [0.15, 0.2) is 6.10 Å². The number of carbonyl (C=O) groups is 2. The molecule has 0 spiro atoms. The van der Waals surface area contributed by atoms with Crippen LogP contribution in [0.5, 0.6) is 0 Å². The lowest BCUT2D eigenvalue weighted by Gasteiger charge is -2.36. The highest BCUT2D eigenvalue weighted by Crippen LogP contribution is 2.45. The number of ether oxygens (including phenoxy) is 2. The molecular weight excluding hydrogens is 684 g/mol. The highest BCUT2D eigenvalue weighted by molar-refractivity contribution is 7.22. The quantitative estimate of drug-likeness (QED) is 0.158. The number of nitrogens with zero attached hydrogens (tertiary/aromatic N) is 4. The van der Waals surface area contributed by atoms with Gasteiger partial charge in [-0.05, 0) is 120 Å². The smallest absolute Gasteiger partial charge is 0.337 e. The molecule has 0 amide bonds. The van der Waals surface area contributed by atoms with E-state index in [-0.39, 0.29) is 11.9 Å². The van der Waals surface area contributed by atoms with E-state index in [1.165, 1.54) is 12.7 Å². The first-order valence-corrected chi connectivity index (χ1v) is 18.9. The van der Waals surface area contributed by atoms with Crippen molar-refractivity contribution >= 4 is 56.1 Å². The van der Waals surface area contributed by atoms with Gasteiger partial charge in [-0.2, -0.15) is 0 Å². The molecule has 3 atom stereocenters. The first kappa shape index (κ1) is 35.6. The molecule has 0 bridgehead atoms. The van der Waals surface area contributed by atoms with Gasteiger partial charge < -0.3 is 24.0 Å². The normalized spacial score (nSPS) is 19.6. The molecular formula is C40H45ClN4O5S. The van der Waals surface area contributed by atoms with Gasteiger partial charge >= 0.3 is 11.9 Å². The van der Waals surface area contributed by atoms with Crippen molar-refractivity contribution in [2.45, 2.75) is 83.5 Å². The SMILES string of the molecule is COC(=O)C1CCC(N2CCC(c3cn(C)c4ncc(-c5nc6cc(C)c([C@H](OC(C)(C)C)C(=O)O)c(-c7ccc(Cl)cc7)c6s5)cc34)CC2)C1. The molecule has 4 heterocycles. The van der Waals surface area contributed by atoms with Gasteiger partial charge in [-0.25, -0.2) is 14.8 Å². The number of carboxylic acid groups (broad SMARTS) is 1. The van der Waals surface area contributed by atoms with E-state index in [1.54, 1.807) is 11.3 Å². The lowest BCUT2D eigenvalue weighted by atomic mass is 9.88. The van der Waals surface area contributed by atoms with E-state index in [0.29, 0.717) is 22.5 Å². The fourth-order valence-corrected chi connectivity index (χ4v) is 9.37. The predicted molar refractivity (Wildman–Crippen MR) is 202 cm³/mol. The van der Waals surface area contributed by atoms with Crippen LogP contribution in [-0.2, 0) is 26.1 Å². The fourth-order valence-electron chi connectivity index (χ4n) is 8.14. The minimum absolute atomic E-state index is 0.0241. The van der Waals surface area contributed by atoms with Gasteiger partial charge in [-0.3, -0.25) is 4.79 Å². The number of fused-ring (bicyclic) bond motifs is 2. The van der Waals surface area contributed by atoms with E-state index in [2.05, 4.69) is 28.8 Å². The molecule has 1 aliphatic heterocycles. The van der Waals surface area contributed by atoms with Gasteiger partial charge in [0.05, 0.1) is 28.8 Å². The maximum Gasteiger partial charge on any atom is 0.337 e. The van der Waals surface area contributed by atoms with Gasteiger partial charge in [-0.1, -0.05) is 23.7 Å². The minimum Gasteiger partial charge on any atom is -0.479 e. The summed E-state index contributed by atoms with van der Waals surface area (Å²) in [4.78, 5) is 37.5. The number of piperidine rings is 1. The van der Waals surface area contributed by atoms with Gasteiger partial charge in [0.25, 0.3) is 0 Å². The molecule has 1 aliphatic carbocycles. The van der Waals surface area contributed by atoms with Crippen LogP contribution in [0.3, 0.4) is 0 Å². The summed E-state index contributed by atoms with van der Waals surface area (Å²) in [6.45, 7) is 9.54. The zero-order valence-corrected chi connectivity index (χ0v) is 31.6. The molecule has 9 nitrogen and oxygen atoms in total. The molecule has 268 valence electrons. The summed E-state index contributed by atoms with van der Waals surface area (Å²) in [5.41, 5.74) is 6.35. The maximum absolute atomic E-state index is 12.8. The molecule has 11 heteroatoms. The van der Waals surface area contributed by atoms with Gasteiger partial charge in [0, 0.05) is 52.6 Å². The number of hydrogen-bond donors (Lipinski definition) is 1. The third-order valence-electron chi connectivity index (χ3n) is 10.5. The third kappa shape index (κ3) is 7.03. The van der Waals surface area contributed by atoms with Gasteiger partial charge in [0.2, 0.25) is 0 Å². The van der Waals surface area contributed by atoms with E-state index in [4.69, 9.17) is 31.0 Å². The number of likely N-dealkylation sites (tertiary alicyclic amines) is 1. The first-order valence-electron chi connectivity index (χ1n) is 17.7. The highest BCUT2D eigenvalue weighted by Gasteiger charge is 2.36. The Morgan fingerprint density at radius 3 is 2.45 bits per heavy atom. The van der Waals surface area contributed by atoms with Crippen molar-refractivity contribution in [2.75, 3.05) is 20.2 Å². The summed E-state index contributed by atoms with van der Waals surface area (Å²) >= 11 is 7.84. The summed E-state index contributed by atoms with van der Waals surface area (Å²) in [7, 11) is 3.54. The second-order valence-electron chi connectivity index (χ2n) is 15.1. The monoisotopic (exact) mass is 728 g/mol. The molecule has 2 aromatic carbocycles. The van der Waals surface area contributed by atoms with E-state index in [1.807, 2.05) is 64.2 Å². The largest absolute Gasteiger partial charge is 0.479 e. The number of esters is 1. The van der Waals surface area contributed by atoms with E-state index in [0.717, 1.165) is 93.7 Å². The third-order valence-corrected chi connectivity index (χ3v) is 11.9. The van der Waals surface area contributed by atoms with Crippen molar-refractivity contribution in [1.29, 1.82) is 0 Å². The molecule has 1 N–H and O–H groups in total. The molecule has 1 saturated heterocycles. The zero-order chi connectivity index (χ0) is 36.2. The number of carboxylic acids is 1. The average Bonchev–Trinajstić information content (AvgIpc) is 3.84. The summed E-state index contributed by atoms with van der Waals surface area (Å²) in [6, 6.07) is 12.1. The van der Waals surface area contributed by atoms with Crippen LogP contribution in [0.4, 0.5) is 0 Å². The number of methoxy groups -OCH3 is 1. The molecule has 2 aliphatic rings. The minimum atomic E-state index is -1.18. The molecule has 7 rings (SSSR count). The number of carbonyl (C=O) groups excluding carboxylic acids is 1. The van der Waals surface area contributed by atoms with Crippen molar-refractivity contribution in [2.24, 2.45) is 13.0 Å². The number of aryl methyl sites for hydroxylation is 2. The topological polar surface area (TPSA) is 107 Å². The van der Waals surface area contributed by atoms with Crippen LogP contribution in [0.2, 0.25) is 5.02 Å². The summed E-state index contributed by atoms with van der Waals surface area (Å²) in [6.07, 6.45) is 7.91. The summed E-state index contributed by atoms with van der Waals surface area (Å²) < 4.78 is 14.2. The Labute approximate surface area is 307 Å². The van der Waals surface area contributed by atoms with Crippen LogP contribution >= 0.6 is 22.9 Å². The lowest BCUT2D eigenvalue weighted by Crippen LogP contribution is -2.40. The van der Waals surface area contributed by atoms with Crippen molar-refractivity contribution < 1.29 is 24.2 Å². The average molecular weight is 729 g/mol. The maximum atomic E-state index is 12.8. The molecule has 51 heavy (non-hydrogen) atoms. The summed E-state index contributed by atoms with van der Waals surface area (Å²) in [5, 5.41) is 13.0. The Morgan fingerprint density at radius 2 is 1.78 bits per heavy atom.